The number of ether oxygens (including phenoxy) is 1. The fourth-order valence-corrected chi connectivity index (χ4v) is 5.56. The number of carbonyl (C=O) groups excluding carboxylic acids is 2. The predicted octanol–water partition coefficient (Wildman–Crippen LogP) is 5.12. The average Bonchev–Trinajstić information content (AvgIpc) is 3.44. The second-order valence-electron chi connectivity index (χ2n) is 8.94. The summed E-state index contributed by atoms with van der Waals surface area (Å²) in [4.78, 5) is 34.6. The second kappa shape index (κ2) is 10.3. The minimum atomic E-state index is -0.634. The molecule has 2 heterocycles. The molecule has 0 saturated carbocycles. The van der Waals surface area contributed by atoms with Crippen LogP contribution in [0.25, 0.3) is 10.2 Å². The third-order valence-electron chi connectivity index (χ3n) is 6.19. The summed E-state index contributed by atoms with van der Waals surface area (Å²) in [6, 6.07) is 17.1. The summed E-state index contributed by atoms with van der Waals surface area (Å²) in [6.07, 6.45) is 2.64. The number of nitrogens with zero attached hydrogens (tertiary/aromatic N) is 3. The van der Waals surface area contributed by atoms with Gasteiger partial charge < -0.3 is 14.5 Å². The first-order valence-corrected chi connectivity index (χ1v) is 12.3. The lowest BCUT2D eigenvalue weighted by Gasteiger charge is -2.34. The molecule has 174 valence electrons. The first-order valence-electron chi connectivity index (χ1n) is 11.5. The van der Waals surface area contributed by atoms with Crippen LogP contribution < -0.4 is 0 Å². The van der Waals surface area contributed by atoms with E-state index in [0.717, 1.165) is 35.4 Å². The number of benzene rings is 2. The topological polar surface area (TPSA) is 62.7 Å². The molecule has 7 heteroatoms. The van der Waals surface area contributed by atoms with Crippen molar-refractivity contribution in [2.45, 2.75) is 51.8 Å². The van der Waals surface area contributed by atoms with Gasteiger partial charge in [-0.2, -0.15) is 0 Å². The zero-order valence-corrected chi connectivity index (χ0v) is 20.3. The van der Waals surface area contributed by atoms with Crippen molar-refractivity contribution in [3.63, 3.8) is 0 Å². The molecule has 0 unspecified atom stereocenters. The largest absolute Gasteiger partial charge is 0.459 e. The van der Waals surface area contributed by atoms with Crippen molar-refractivity contribution >= 4 is 33.6 Å². The van der Waals surface area contributed by atoms with Crippen molar-refractivity contribution in [3.8, 4) is 0 Å². The van der Waals surface area contributed by atoms with Crippen molar-refractivity contribution in [1.82, 2.24) is 14.8 Å². The highest BCUT2D eigenvalue weighted by molar-refractivity contribution is 7.18. The molecule has 2 aromatic carbocycles. The summed E-state index contributed by atoms with van der Waals surface area (Å²) >= 11 is 1.69. The van der Waals surface area contributed by atoms with E-state index in [1.807, 2.05) is 67.3 Å². The van der Waals surface area contributed by atoms with E-state index >= 15 is 0 Å². The van der Waals surface area contributed by atoms with Crippen LogP contribution in [-0.4, -0.2) is 52.5 Å². The Labute approximate surface area is 199 Å². The van der Waals surface area contributed by atoms with Crippen molar-refractivity contribution in [1.29, 1.82) is 0 Å². The zero-order chi connectivity index (χ0) is 23.4. The van der Waals surface area contributed by atoms with Gasteiger partial charge in [-0.25, -0.2) is 14.6 Å². The quantitative estimate of drug-likeness (QED) is 0.454. The molecule has 0 N–H and O–H groups in total. The van der Waals surface area contributed by atoms with Gasteiger partial charge in [-0.05, 0) is 36.5 Å². The van der Waals surface area contributed by atoms with Crippen LogP contribution >= 0.6 is 11.3 Å². The summed E-state index contributed by atoms with van der Waals surface area (Å²) in [5.41, 5.74) is 1.93. The molecule has 1 aliphatic rings. The van der Waals surface area contributed by atoms with Crippen LogP contribution in [0.2, 0.25) is 0 Å². The molecule has 0 radical (unpaired) electrons. The number of amides is 2. The number of urea groups is 1. The van der Waals surface area contributed by atoms with Crippen LogP contribution in [0, 0.1) is 5.92 Å². The molecule has 1 fully saturated rings. The number of rotatable bonds is 7. The van der Waals surface area contributed by atoms with Crippen molar-refractivity contribution < 1.29 is 14.3 Å². The lowest BCUT2D eigenvalue weighted by Crippen LogP contribution is -2.53. The predicted molar refractivity (Wildman–Crippen MR) is 131 cm³/mol. The fourth-order valence-electron chi connectivity index (χ4n) is 4.52. The van der Waals surface area contributed by atoms with Crippen molar-refractivity contribution in [3.05, 3.63) is 65.2 Å². The van der Waals surface area contributed by atoms with E-state index in [9.17, 15) is 9.59 Å². The molecule has 33 heavy (non-hydrogen) atoms. The lowest BCUT2D eigenvalue weighted by atomic mass is 10.0. The van der Waals surface area contributed by atoms with Gasteiger partial charge >= 0.3 is 12.0 Å². The highest BCUT2D eigenvalue weighted by Crippen LogP contribution is 2.28. The van der Waals surface area contributed by atoms with Gasteiger partial charge in [0.15, 0.2) is 0 Å². The molecule has 3 aromatic rings. The molecule has 1 saturated heterocycles. The molecule has 4 rings (SSSR count). The van der Waals surface area contributed by atoms with Crippen LogP contribution in [0.1, 0.15) is 37.3 Å². The second-order valence-corrected chi connectivity index (χ2v) is 10.1. The number of esters is 1. The van der Waals surface area contributed by atoms with Crippen LogP contribution in [0.3, 0.4) is 0 Å². The molecule has 1 aliphatic heterocycles. The number of aromatic nitrogens is 1. The lowest BCUT2D eigenvalue weighted by molar-refractivity contribution is -0.151. The van der Waals surface area contributed by atoms with E-state index in [1.54, 1.807) is 23.3 Å². The maximum Gasteiger partial charge on any atom is 0.329 e. The van der Waals surface area contributed by atoms with E-state index < -0.39 is 6.04 Å². The van der Waals surface area contributed by atoms with Crippen molar-refractivity contribution in [2.24, 2.45) is 5.92 Å². The minimum Gasteiger partial charge on any atom is -0.459 e. The third-order valence-corrected chi connectivity index (χ3v) is 7.25. The maximum atomic E-state index is 13.5. The zero-order valence-electron chi connectivity index (χ0n) is 19.4. The Morgan fingerprint density at radius 2 is 1.88 bits per heavy atom. The summed E-state index contributed by atoms with van der Waals surface area (Å²) in [5, 5.41) is 1.05. The monoisotopic (exact) mass is 465 g/mol. The number of fused-ring (bicyclic) bond motifs is 1. The van der Waals surface area contributed by atoms with E-state index in [0.29, 0.717) is 6.54 Å². The minimum absolute atomic E-state index is 0.0625. The van der Waals surface area contributed by atoms with Crippen LogP contribution in [0.4, 0.5) is 4.79 Å². The maximum absolute atomic E-state index is 13.5. The molecular weight excluding hydrogens is 434 g/mol. The molecule has 0 spiro atoms. The number of likely N-dealkylation sites (tertiary alicyclic amines) is 1. The number of hydrogen-bond donors (Lipinski definition) is 0. The first kappa shape index (κ1) is 23.2. The van der Waals surface area contributed by atoms with Crippen LogP contribution in [0.5, 0.6) is 0 Å². The smallest absolute Gasteiger partial charge is 0.329 e. The SMILES string of the molecule is CC(C)[C@@H](C(=O)OCc1ccccc1)N(C)C(=O)N1CCC[C@@H]1Cc1nc2ccccc2s1. The fraction of sp³-hybridized carbons (Fsp3) is 0.423. The van der Waals surface area contributed by atoms with Gasteiger partial charge in [0.05, 0.1) is 15.2 Å². The van der Waals surface area contributed by atoms with Gasteiger partial charge in [0.1, 0.15) is 12.6 Å². The number of hydrogen-bond acceptors (Lipinski definition) is 5. The van der Waals surface area contributed by atoms with Gasteiger partial charge in [-0.3, -0.25) is 0 Å². The summed E-state index contributed by atoms with van der Waals surface area (Å²) in [7, 11) is 1.71. The Morgan fingerprint density at radius 1 is 1.15 bits per heavy atom. The molecule has 0 aliphatic carbocycles. The summed E-state index contributed by atoms with van der Waals surface area (Å²) < 4.78 is 6.75. The summed E-state index contributed by atoms with van der Waals surface area (Å²) in [5.74, 6) is -0.431. The Hall–Kier alpha value is -2.93. The Kier molecular flexibility index (Phi) is 7.28. The molecule has 0 bridgehead atoms. The Bertz CT molecular complexity index is 1070. The number of para-hydroxylation sites is 1. The van der Waals surface area contributed by atoms with Gasteiger partial charge in [0.25, 0.3) is 0 Å². The van der Waals surface area contributed by atoms with E-state index in [-0.39, 0.29) is 30.6 Å². The van der Waals surface area contributed by atoms with Crippen LogP contribution in [0.15, 0.2) is 54.6 Å². The normalized spacial score (nSPS) is 16.8. The van der Waals surface area contributed by atoms with E-state index in [4.69, 9.17) is 9.72 Å². The standard InChI is InChI=1S/C26H31N3O3S/c1-18(2)24(25(30)32-17-19-10-5-4-6-11-19)28(3)26(31)29-15-9-12-20(29)16-23-27-21-13-7-8-14-22(21)33-23/h4-8,10-11,13-14,18,20,24H,9,12,15-17H2,1-3H3/t20-,24+/m1/s1. The Morgan fingerprint density at radius 3 is 2.61 bits per heavy atom. The summed E-state index contributed by atoms with van der Waals surface area (Å²) in [6.45, 7) is 4.79. The molecule has 6 nitrogen and oxygen atoms in total. The van der Waals surface area contributed by atoms with Gasteiger partial charge in [0, 0.05) is 26.1 Å². The molecular formula is C26H31N3O3S. The number of likely N-dealkylation sites (N-methyl/N-ethyl adjacent to an activating group) is 1. The average molecular weight is 466 g/mol. The van der Waals surface area contributed by atoms with Gasteiger partial charge in [0.2, 0.25) is 0 Å². The molecule has 2 atom stereocenters. The van der Waals surface area contributed by atoms with E-state index in [2.05, 4.69) is 6.07 Å². The van der Waals surface area contributed by atoms with E-state index in [1.165, 1.54) is 4.70 Å². The third kappa shape index (κ3) is 5.36. The first-order chi connectivity index (χ1) is 15.9. The van der Waals surface area contributed by atoms with Gasteiger partial charge in [-0.15, -0.1) is 11.3 Å². The van der Waals surface area contributed by atoms with Crippen molar-refractivity contribution in [2.75, 3.05) is 13.6 Å². The Balaban J connectivity index is 1.42. The molecule has 2 amide bonds. The highest BCUT2D eigenvalue weighted by Gasteiger charge is 2.37. The molecule has 1 aromatic heterocycles. The number of carbonyl (C=O) groups is 2. The number of thiazole rings is 1. The highest BCUT2D eigenvalue weighted by atomic mass is 32.1. The van der Waals surface area contributed by atoms with Gasteiger partial charge in [-0.1, -0.05) is 56.3 Å². The van der Waals surface area contributed by atoms with Crippen LogP contribution in [-0.2, 0) is 22.6 Å².